The summed E-state index contributed by atoms with van der Waals surface area (Å²) >= 11 is 0. The number of likely N-dealkylation sites (N-methyl/N-ethyl adjacent to an activating group) is 1. The molecule has 0 saturated carbocycles. The smallest absolute Gasteiger partial charge is 0.178 e. The molecule has 0 unspecified atom stereocenters. The fraction of sp³-hybridized carbons (Fsp3) is 0.381. The van der Waals surface area contributed by atoms with Crippen LogP contribution in [0, 0.1) is 5.41 Å². The highest BCUT2D eigenvalue weighted by atomic mass is 16.5. The Kier molecular flexibility index (Phi) is 5.31. The molecule has 9 nitrogen and oxygen atoms in total. The topological polar surface area (TPSA) is 112 Å². The zero-order valence-corrected chi connectivity index (χ0v) is 17.4. The van der Waals surface area contributed by atoms with Crippen LogP contribution in [0.2, 0.25) is 0 Å². The summed E-state index contributed by atoms with van der Waals surface area (Å²) in [5, 5.41) is 21.9. The van der Waals surface area contributed by atoms with Gasteiger partial charge in [0.15, 0.2) is 5.82 Å². The molecule has 9 heteroatoms. The fourth-order valence-electron chi connectivity index (χ4n) is 3.59. The van der Waals surface area contributed by atoms with Crippen LogP contribution >= 0.6 is 0 Å². The number of anilines is 1. The minimum Gasteiger partial charge on any atom is -0.489 e. The van der Waals surface area contributed by atoms with Crippen molar-refractivity contribution in [2.75, 3.05) is 58.4 Å². The van der Waals surface area contributed by atoms with E-state index in [1.54, 1.807) is 6.08 Å². The van der Waals surface area contributed by atoms with Crippen molar-refractivity contribution < 1.29 is 14.3 Å². The molecule has 4 rings (SSSR count). The lowest BCUT2D eigenvalue weighted by atomic mass is 10.1. The molecular formula is C21H28N7O2+. The Labute approximate surface area is 175 Å². The Hall–Kier alpha value is -3.17. The molecule has 1 aliphatic carbocycles. The first kappa shape index (κ1) is 20.1. The molecule has 0 atom stereocenters. The highest BCUT2D eigenvalue weighted by Crippen LogP contribution is 2.34. The van der Waals surface area contributed by atoms with Crippen molar-refractivity contribution >= 4 is 28.4 Å². The van der Waals surface area contributed by atoms with E-state index >= 15 is 0 Å². The van der Waals surface area contributed by atoms with Gasteiger partial charge in [-0.25, -0.2) is 9.51 Å². The second kappa shape index (κ2) is 7.92. The van der Waals surface area contributed by atoms with Crippen molar-refractivity contribution in [3.05, 3.63) is 48.0 Å². The zero-order valence-electron chi connectivity index (χ0n) is 17.4. The highest BCUT2D eigenvalue weighted by molar-refractivity contribution is 6.22. The molecule has 30 heavy (non-hydrogen) atoms. The van der Waals surface area contributed by atoms with Crippen molar-refractivity contribution in [1.29, 1.82) is 5.41 Å². The maximum Gasteiger partial charge on any atom is 0.178 e. The summed E-state index contributed by atoms with van der Waals surface area (Å²) in [4.78, 5) is 7.14. The lowest BCUT2D eigenvalue weighted by Crippen LogP contribution is -2.55. The van der Waals surface area contributed by atoms with E-state index in [1.807, 2.05) is 28.9 Å². The van der Waals surface area contributed by atoms with Crippen LogP contribution in [0.3, 0.4) is 0 Å². The lowest BCUT2D eigenvalue weighted by molar-refractivity contribution is -0.890. The maximum absolute atomic E-state index is 9.03. The van der Waals surface area contributed by atoms with Crippen molar-refractivity contribution in [3.8, 4) is 0 Å². The number of pyridine rings is 1. The molecule has 0 bridgehead atoms. The van der Waals surface area contributed by atoms with Crippen LogP contribution in [0.25, 0.3) is 5.52 Å². The summed E-state index contributed by atoms with van der Waals surface area (Å²) < 4.78 is 8.29. The molecule has 2 aromatic heterocycles. The number of fused-ring (bicyclic) bond motifs is 1. The first-order valence-corrected chi connectivity index (χ1v) is 10.0. The molecule has 0 aromatic carbocycles. The summed E-state index contributed by atoms with van der Waals surface area (Å²) in [6.45, 7) is 3.83. The van der Waals surface area contributed by atoms with Crippen molar-refractivity contribution in [3.63, 3.8) is 0 Å². The zero-order chi connectivity index (χ0) is 21.3. The number of rotatable bonds is 5. The standard InChI is InChI=1S/C21H28N7O2/c1-28(2)9-7-26(8-10-28)21-20(18-5-3-4-6-27(18)25-21)24-17-14-19(30-12-11-29)16(23)13-15(17)22/h3-6,13-14,23,29H,7-12,22H2,1-2H3/q+1/b23-16?,24-17+. The summed E-state index contributed by atoms with van der Waals surface area (Å²) in [5.41, 5.74) is 8.90. The summed E-state index contributed by atoms with van der Waals surface area (Å²) in [5.74, 6) is 1.17. The van der Waals surface area contributed by atoms with Gasteiger partial charge >= 0.3 is 0 Å². The van der Waals surface area contributed by atoms with Crippen LogP contribution in [0.15, 0.2) is 53.0 Å². The molecule has 0 amide bonds. The largest absolute Gasteiger partial charge is 0.489 e. The number of ether oxygens (including phenoxy) is 1. The van der Waals surface area contributed by atoms with Crippen molar-refractivity contribution in [1.82, 2.24) is 9.61 Å². The van der Waals surface area contributed by atoms with Crippen molar-refractivity contribution in [2.45, 2.75) is 0 Å². The van der Waals surface area contributed by atoms with E-state index in [-0.39, 0.29) is 18.9 Å². The fourth-order valence-corrected chi connectivity index (χ4v) is 3.59. The van der Waals surface area contributed by atoms with Crippen LogP contribution in [0.5, 0.6) is 0 Å². The summed E-state index contributed by atoms with van der Waals surface area (Å²) in [6.07, 6.45) is 5.09. The second-order valence-corrected chi connectivity index (χ2v) is 8.16. The molecule has 2 aromatic rings. The third-order valence-electron chi connectivity index (χ3n) is 5.46. The van der Waals surface area contributed by atoms with Crippen molar-refractivity contribution in [2.24, 2.45) is 10.7 Å². The van der Waals surface area contributed by atoms with E-state index in [2.05, 4.69) is 19.0 Å². The Morgan fingerprint density at radius 2 is 2.03 bits per heavy atom. The van der Waals surface area contributed by atoms with E-state index in [1.165, 1.54) is 6.08 Å². The van der Waals surface area contributed by atoms with Crippen LogP contribution in [-0.2, 0) is 4.74 Å². The average Bonchev–Trinajstić information content (AvgIpc) is 3.07. The monoisotopic (exact) mass is 410 g/mol. The predicted molar refractivity (Wildman–Crippen MR) is 117 cm³/mol. The van der Waals surface area contributed by atoms with Gasteiger partial charge in [-0.2, -0.15) is 0 Å². The Bertz CT molecular complexity index is 1050. The molecule has 4 N–H and O–H groups in total. The highest BCUT2D eigenvalue weighted by Gasteiger charge is 2.28. The maximum atomic E-state index is 9.03. The third-order valence-corrected chi connectivity index (χ3v) is 5.46. The number of hydrogen-bond acceptors (Lipinski definition) is 7. The Balaban J connectivity index is 1.77. The molecular weight excluding hydrogens is 382 g/mol. The minimum absolute atomic E-state index is 0.110. The quantitative estimate of drug-likeness (QED) is 0.504. The van der Waals surface area contributed by atoms with E-state index in [0.29, 0.717) is 17.2 Å². The van der Waals surface area contributed by atoms with Gasteiger partial charge in [-0.1, -0.05) is 6.07 Å². The van der Waals surface area contributed by atoms with E-state index in [0.717, 1.165) is 47.7 Å². The molecule has 1 saturated heterocycles. The number of nitrogens with zero attached hydrogens (tertiary/aromatic N) is 5. The van der Waals surface area contributed by atoms with E-state index < -0.39 is 0 Å². The van der Waals surface area contributed by atoms with E-state index in [4.69, 9.17) is 31.1 Å². The van der Waals surface area contributed by atoms with Gasteiger partial charge in [-0.05, 0) is 18.2 Å². The molecule has 2 aliphatic rings. The average molecular weight is 411 g/mol. The van der Waals surface area contributed by atoms with Gasteiger partial charge in [0.25, 0.3) is 0 Å². The van der Waals surface area contributed by atoms with Gasteiger partial charge in [-0.3, -0.25) is 5.41 Å². The summed E-state index contributed by atoms with van der Waals surface area (Å²) in [7, 11) is 4.48. The van der Waals surface area contributed by atoms with Crippen LogP contribution in [-0.4, -0.2) is 84.1 Å². The lowest BCUT2D eigenvalue weighted by Gasteiger charge is -2.39. The van der Waals surface area contributed by atoms with Gasteiger partial charge in [-0.15, -0.1) is 5.10 Å². The molecule has 1 aliphatic heterocycles. The number of aliphatic imine (C=N–C) groups is 1. The molecule has 158 valence electrons. The number of aliphatic hydroxyl groups is 1. The molecule has 1 fully saturated rings. The number of allylic oxidation sites excluding steroid dienone is 2. The second-order valence-electron chi connectivity index (χ2n) is 8.16. The number of nitrogens with one attached hydrogen (secondary N) is 1. The summed E-state index contributed by atoms with van der Waals surface area (Å²) in [6, 6.07) is 5.88. The normalized spacial score (nSPS) is 20.4. The van der Waals surface area contributed by atoms with Crippen LogP contribution in [0.4, 0.5) is 11.5 Å². The van der Waals surface area contributed by atoms with Gasteiger partial charge in [0, 0.05) is 12.3 Å². The van der Waals surface area contributed by atoms with Crippen LogP contribution in [0.1, 0.15) is 0 Å². The van der Waals surface area contributed by atoms with Gasteiger partial charge in [0.1, 0.15) is 18.1 Å². The Morgan fingerprint density at radius 3 is 2.77 bits per heavy atom. The number of quaternary nitrogens is 1. The SMILES string of the molecule is C[N+]1(C)CCN(c2nn3ccccc3c2/N=C2\C=C(OCCO)C(=N)C=C2N)CC1. The van der Waals surface area contributed by atoms with Gasteiger partial charge in [0.05, 0.1) is 69.5 Å². The first-order chi connectivity index (χ1) is 14.4. The Morgan fingerprint density at radius 1 is 1.27 bits per heavy atom. The number of aromatic nitrogens is 2. The molecule has 0 radical (unpaired) electrons. The van der Waals surface area contributed by atoms with Gasteiger partial charge in [0.2, 0.25) is 0 Å². The number of nitrogens with two attached hydrogens (primary N) is 1. The van der Waals surface area contributed by atoms with Crippen LogP contribution < -0.4 is 10.6 Å². The van der Waals surface area contributed by atoms with E-state index in [9.17, 15) is 0 Å². The number of aliphatic hydroxyl groups excluding tert-OH is 1. The predicted octanol–water partition coefficient (Wildman–Crippen LogP) is 1.07. The van der Waals surface area contributed by atoms with Gasteiger partial charge < -0.3 is 25.0 Å². The molecule has 3 heterocycles. The first-order valence-electron chi connectivity index (χ1n) is 10.0. The minimum atomic E-state index is -0.127. The third kappa shape index (κ3) is 3.94. The molecule has 0 spiro atoms. The number of piperazine rings is 1. The number of hydrogen-bond donors (Lipinski definition) is 3.